The van der Waals surface area contributed by atoms with Gasteiger partial charge < -0.3 is 15.8 Å². The van der Waals surface area contributed by atoms with E-state index in [1.165, 1.54) is 24.3 Å². The van der Waals surface area contributed by atoms with E-state index < -0.39 is 17.4 Å². The van der Waals surface area contributed by atoms with Crippen LogP contribution in [0.15, 0.2) is 72.7 Å². The Morgan fingerprint density at radius 1 is 1.28 bits per heavy atom. The Kier molecular flexibility index (Phi) is 5.90. The third-order valence-electron chi connectivity index (χ3n) is 4.95. The number of allylic oxidation sites excluding steroid dienone is 1. The second kappa shape index (κ2) is 8.64. The van der Waals surface area contributed by atoms with Crippen molar-refractivity contribution in [2.45, 2.75) is 12.0 Å². The van der Waals surface area contributed by atoms with E-state index in [1.807, 2.05) is 13.2 Å². The second-order valence-electron chi connectivity index (χ2n) is 7.24. The van der Waals surface area contributed by atoms with Crippen molar-refractivity contribution < 1.29 is 13.9 Å². The molecule has 1 atom stereocenters. The molecule has 164 valence electrons. The summed E-state index contributed by atoms with van der Waals surface area (Å²) < 4.78 is 23.0. The van der Waals surface area contributed by atoms with Gasteiger partial charge in [-0.1, -0.05) is 23.2 Å². The number of amides is 2. The zero-order chi connectivity index (χ0) is 22.9. The lowest BCUT2D eigenvalue weighted by molar-refractivity contribution is 0.231. The maximum absolute atomic E-state index is 15.5. The third-order valence-corrected chi connectivity index (χ3v) is 5.38. The maximum atomic E-state index is 15.5. The van der Waals surface area contributed by atoms with Gasteiger partial charge >= 0.3 is 6.03 Å². The van der Waals surface area contributed by atoms with Crippen molar-refractivity contribution in [1.29, 1.82) is 0 Å². The molecular weight excluding hydrogens is 456 g/mol. The van der Waals surface area contributed by atoms with Crippen molar-refractivity contribution >= 4 is 29.2 Å². The number of nitrogens with one attached hydrogen (secondary N) is 1. The lowest BCUT2D eigenvalue weighted by Crippen LogP contribution is -2.49. The van der Waals surface area contributed by atoms with Gasteiger partial charge in [-0.3, -0.25) is 9.67 Å². The summed E-state index contributed by atoms with van der Waals surface area (Å²) in [4.78, 5) is 16.0. The van der Waals surface area contributed by atoms with E-state index >= 15 is 4.39 Å². The number of aryl methyl sites for hydroxylation is 1. The highest BCUT2D eigenvalue weighted by molar-refractivity contribution is 6.34. The van der Waals surface area contributed by atoms with E-state index in [-0.39, 0.29) is 12.2 Å². The van der Waals surface area contributed by atoms with E-state index in [4.69, 9.17) is 33.7 Å². The number of ether oxygens (including phenoxy) is 1. The molecule has 10 heteroatoms. The summed E-state index contributed by atoms with van der Waals surface area (Å²) in [5.74, 6) is 0.0600. The SMILES string of the molecule is Cn1cc(-c2cc(OC3=CCC(NC(N)=O)(c4cc(Cl)cc(Cl)c4)C(F)=C3)ccn2)cn1. The van der Waals surface area contributed by atoms with Crippen LogP contribution in [-0.2, 0) is 12.6 Å². The lowest BCUT2D eigenvalue weighted by atomic mass is 9.82. The molecule has 1 aliphatic carbocycles. The van der Waals surface area contributed by atoms with Crippen LogP contribution >= 0.6 is 23.2 Å². The van der Waals surface area contributed by atoms with Crippen molar-refractivity contribution in [1.82, 2.24) is 20.1 Å². The number of nitrogens with two attached hydrogens (primary N) is 1. The Hall–Kier alpha value is -3.36. The van der Waals surface area contributed by atoms with Crippen LogP contribution in [-0.4, -0.2) is 20.8 Å². The molecule has 0 saturated carbocycles. The molecule has 1 unspecified atom stereocenters. The Bertz CT molecular complexity index is 1240. The van der Waals surface area contributed by atoms with E-state index in [9.17, 15) is 4.79 Å². The number of carbonyl (C=O) groups is 1. The number of urea groups is 1. The predicted molar refractivity (Wildman–Crippen MR) is 120 cm³/mol. The minimum absolute atomic E-state index is 0.0326. The molecular formula is C22H18Cl2FN5O2. The smallest absolute Gasteiger partial charge is 0.313 e. The number of hydrogen-bond donors (Lipinski definition) is 2. The summed E-state index contributed by atoms with van der Waals surface area (Å²) in [5.41, 5.74) is 5.63. The Labute approximate surface area is 193 Å². The Balaban J connectivity index is 1.63. The quantitative estimate of drug-likeness (QED) is 0.552. The summed E-state index contributed by atoms with van der Waals surface area (Å²) in [7, 11) is 1.81. The van der Waals surface area contributed by atoms with Crippen LogP contribution in [0.1, 0.15) is 12.0 Å². The highest BCUT2D eigenvalue weighted by atomic mass is 35.5. The molecule has 3 N–H and O–H groups in total. The van der Waals surface area contributed by atoms with Crippen LogP contribution in [0.2, 0.25) is 10.0 Å². The molecule has 0 aliphatic heterocycles. The van der Waals surface area contributed by atoms with Crippen molar-refractivity contribution in [3.63, 3.8) is 0 Å². The molecule has 4 rings (SSSR count). The average molecular weight is 474 g/mol. The summed E-state index contributed by atoms with van der Waals surface area (Å²) in [6.07, 6.45) is 7.98. The zero-order valence-electron chi connectivity index (χ0n) is 16.8. The third kappa shape index (κ3) is 4.46. The molecule has 2 heterocycles. The molecule has 0 saturated heterocycles. The average Bonchev–Trinajstić information content (AvgIpc) is 3.16. The van der Waals surface area contributed by atoms with Crippen molar-refractivity contribution in [2.24, 2.45) is 12.8 Å². The molecule has 1 aromatic carbocycles. The van der Waals surface area contributed by atoms with E-state index in [0.29, 0.717) is 27.1 Å². The molecule has 1 aliphatic rings. The van der Waals surface area contributed by atoms with E-state index in [0.717, 1.165) is 5.56 Å². The molecule has 0 radical (unpaired) electrons. The minimum Gasteiger partial charge on any atom is -0.457 e. The number of carbonyl (C=O) groups excluding carboxylic acids is 1. The number of rotatable bonds is 5. The molecule has 3 aromatic rings. The maximum Gasteiger partial charge on any atom is 0.313 e. The van der Waals surface area contributed by atoms with Crippen molar-refractivity contribution in [3.05, 3.63) is 88.3 Å². The summed E-state index contributed by atoms with van der Waals surface area (Å²) in [6, 6.07) is 7.07. The Morgan fingerprint density at radius 2 is 2.03 bits per heavy atom. The number of primary amides is 1. The standard InChI is InChI=1S/C22H18Cl2FN5O2/c1-30-12-13(11-28-30)19-9-18(3-5-27-19)32-17-2-4-22(20(25)10-17,29-21(26)31)14-6-15(23)8-16(24)7-14/h2-3,5-12H,4H2,1H3,(H3,26,29,31). The van der Waals surface area contributed by atoms with Gasteiger partial charge in [0.25, 0.3) is 0 Å². The van der Waals surface area contributed by atoms with Crippen LogP contribution < -0.4 is 15.8 Å². The number of pyridine rings is 1. The molecule has 0 fully saturated rings. The van der Waals surface area contributed by atoms with Crippen LogP contribution in [0.25, 0.3) is 11.3 Å². The fraction of sp³-hybridized carbons (Fsp3) is 0.136. The van der Waals surface area contributed by atoms with Gasteiger partial charge in [-0.25, -0.2) is 9.18 Å². The highest BCUT2D eigenvalue weighted by Crippen LogP contribution is 2.41. The first kappa shape index (κ1) is 21.9. The number of aromatic nitrogens is 3. The molecule has 2 amide bonds. The first-order valence-corrected chi connectivity index (χ1v) is 10.3. The zero-order valence-corrected chi connectivity index (χ0v) is 18.4. The van der Waals surface area contributed by atoms with E-state index in [1.54, 1.807) is 35.3 Å². The molecule has 0 bridgehead atoms. The van der Waals surface area contributed by atoms with Gasteiger partial charge in [-0.2, -0.15) is 5.10 Å². The molecule has 7 nitrogen and oxygen atoms in total. The normalized spacial score (nSPS) is 18.0. The largest absolute Gasteiger partial charge is 0.457 e. The highest BCUT2D eigenvalue weighted by Gasteiger charge is 2.40. The van der Waals surface area contributed by atoms with Crippen LogP contribution in [0.3, 0.4) is 0 Å². The monoisotopic (exact) mass is 473 g/mol. The number of hydrogen-bond acceptors (Lipinski definition) is 4. The first-order valence-electron chi connectivity index (χ1n) is 9.50. The second-order valence-corrected chi connectivity index (χ2v) is 8.11. The topological polar surface area (TPSA) is 95.1 Å². The number of nitrogens with zero attached hydrogens (tertiary/aromatic N) is 3. The van der Waals surface area contributed by atoms with Gasteiger partial charge in [-0.05, 0) is 35.9 Å². The molecule has 2 aromatic heterocycles. The van der Waals surface area contributed by atoms with Crippen LogP contribution in [0.4, 0.5) is 9.18 Å². The minimum atomic E-state index is -1.55. The number of benzene rings is 1. The van der Waals surface area contributed by atoms with Gasteiger partial charge in [0.15, 0.2) is 0 Å². The van der Waals surface area contributed by atoms with Crippen molar-refractivity contribution in [3.8, 4) is 17.0 Å². The predicted octanol–water partition coefficient (Wildman–Crippen LogP) is 4.87. The molecule has 0 spiro atoms. The summed E-state index contributed by atoms with van der Waals surface area (Å²) in [5, 5.41) is 7.23. The first-order chi connectivity index (χ1) is 15.2. The van der Waals surface area contributed by atoms with Gasteiger partial charge in [-0.15, -0.1) is 0 Å². The molecule has 32 heavy (non-hydrogen) atoms. The van der Waals surface area contributed by atoms with Gasteiger partial charge in [0.1, 0.15) is 22.9 Å². The van der Waals surface area contributed by atoms with Gasteiger partial charge in [0, 0.05) is 53.6 Å². The number of halogens is 3. The summed E-state index contributed by atoms with van der Waals surface area (Å²) >= 11 is 12.2. The van der Waals surface area contributed by atoms with Gasteiger partial charge in [0.05, 0.1) is 11.9 Å². The van der Waals surface area contributed by atoms with Crippen molar-refractivity contribution in [2.75, 3.05) is 0 Å². The Morgan fingerprint density at radius 3 is 2.66 bits per heavy atom. The summed E-state index contributed by atoms with van der Waals surface area (Å²) in [6.45, 7) is 0. The fourth-order valence-corrected chi connectivity index (χ4v) is 4.03. The van der Waals surface area contributed by atoms with Crippen LogP contribution in [0.5, 0.6) is 5.75 Å². The fourth-order valence-electron chi connectivity index (χ4n) is 3.50. The van der Waals surface area contributed by atoms with Crippen LogP contribution in [0, 0.1) is 0 Å². The van der Waals surface area contributed by atoms with E-state index in [2.05, 4.69) is 15.4 Å². The van der Waals surface area contributed by atoms with Gasteiger partial charge in [0.2, 0.25) is 0 Å². The lowest BCUT2D eigenvalue weighted by Gasteiger charge is -2.35.